The van der Waals surface area contributed by atoms with Gasteiger partial charge >= 0.3 is 0 Å². The Morgan fingerprint density at radius 2 is 1.88 bits per heavy atom. The van der Waals surface area contributed by atoms with Gasteiger partial charge < -0.3 is 19.9 Å². The quantitative estimate of drug-likeness (QED) is 0.557. The van der Waals surface area contributed by atoms with Crippen LogP contribution in [-0.4, -0.2) is 33.0 Å². The third-order valence-electron chi connectivity index (χ3n) is 2.24. The van der Waals surface area contributed by atoms with Crippen LogP contribution in [-0.2, 0) is 9.47 Å². The van der Waals surface area contributed by atoms with Gasteiger partial charge in [0, 0.05) is 19.2 Å². The van der Waals surface area contributed by atoms with Crippen molar-refractivity contribution in [2.45, 2.75) is 19.4 Å². The van der Waals surface area contributed by atoms with Gasteiger partial charge in [-0.1, -0.05) is 0 Å². The number of hydrogen-bond acceptors (Lipinski definition) is 4. The topological polar surface area (TPSA) is 53.7 Å². The molecule has 1 aromatic carbocycles. The van der Waals surface area contributed by atoms with E-state index in [1.807, 2.05) is 31.2 Å². The Hall–Kier alpha value is -1.26. The van der Waals surface area contributed by atoms with Crippen LogP contribution in [0.2, 0.25) is 0 Å². The monoisotopic (exact) mass is 239 g/mol. The van der Waals surface area contributed by atoms with E-state index in [4.69, 9.17) is 19.9 Å². The van der Waals surface area contributed by atoms with Gasteiger partial charge in [-0.05, 0) is 31.2 Å². The van der Waals surface area contributed by atoms with Crippen molar-refractivity contribution < 1.29 is 14.2 Å². The highest BCUT2D eigenvalue weighted by atomic mass is 16.5. The fraction of sp³-hybridized carbons (Fsp3) is 0.538. The summed E-state index contributed by atoms with van der Waals surface area (Å²) in [6, 6.07) is 7.38. The van der Waals surface area contributed by atoms with Crippen LogP contribution in [0.4, 0.5) is 5.69 Å². The van der Waals surface area contributed by atoms with Gasteiger partial charge in [0.25, 0.3) is 0 Å². The van der Waals surface area contributed by atoms with Crippen LogP contribution in [0.1, 0.15) is 13.3 Å². The number of nitrogen functional groups attached to an aromatic ring is 1. The van der Waals surface area contributed by atoms with Crippen molar-refractivity contribution in [3.05, 3.63) is 24.3 Å². The molecule has 1 unspecified atom stereocenters. The van der Waals surface area contributed by atoms with Crippen molar-refractivity contribution in [3.8, 4) is 5.75 Å². The molecular weight excluding hydrogens is 218 g/mol. The van der Waals surface area contributed by atoms with Crippen LogP contribution in [0.3, 0.4) is 0 Å². The molecule has 0 aliphatic rings. The number of nitrogens with two attached hydrogens (primary N) is 1. The van der Waals surface area contributed by atoms with Crippen molar-refractivity contribution in [1.82, 2.24) is 0 Å². The van der Waals surface area contributed by atoms with Gasteiger partial charge in [0.2, 0.25) is 0 Å². The molecule has 0 bridgehead atoms. The summed E-state index contributed by atoms with van der Waals surface area (Å²) in [5.41, 5.74) is 6.32. The second-order valence-corrected chi connectivity index (χ2v) is 3.91. The first-order valence-electron chi connectivity index (χ1n) is 5.81. The van der Waals surface area contributed by atoms with E-state index in [1.165, 1.54) is 0 Å². The van der Waals surface area contributed by atoms with Crippen LogP contribution in [0.5, 0.6) is 5.75 Å². The Morgan fingerprint density at radius 1 is 1.18 bits per heavy atom. The summed E-state index contributed by atoms with van der Waals surface area (Å²) in [6.07, 6.45) is 0.995. The molecule has 0 heterocycles. The summed E-state index contributed by atoms with van der Waals surface area (Å²) in [4.78, 5) is 0. The lowest BCUT2D eigenvalue weighted by molar-refractivity contribution is 0.00509. The molecule has 0 saturated heterocycles. The van der Waals surface area contributed by atoms with Crippen LogP contribution < -0.4 is 10.5 Å². The van der Waals surface area contributed by atoms with Gasteiger partial charge in [-0.2, -0.15) is 0 Å². The van der Waals surface area contributed by atoms with E-state index in [0.29, 0.717) is 19.8 Å². The maximum absolute atomic E-state index is 5.58. The highest BCUT2D eigenvalue weighted by Gasteiger charge is 2.00. The van der Waals surface area contributed by atoms with Crippen molar-refractivity contribution in [2.75, 3.05) is 32.7 Å². The van der Waals surface area contributed by atoms with E-state index in [9.17, 15) is 0 Å². The lowest BCUT2D eigenvalue weighted by Crippen LogP contribution is -2.16. The molecule has 4 heteroatoms. The Balaban J connectivity index is 2.06. The summed E-state index contributed by atoms with van der Waals surface area (Å²) < 4.78 is 16.0. The predicted octanol–water partition coefficient (Wildman–Crippen LogP) is 2.09. The molecule has 96 valence electrons. The van der Waals surface area contributed by atoms with Gasteiger partial charge in [-0.15, -0.1) is 0 Å². The molecule has 0 amide bonds. The standard InChI is InChI=1S/C13H21NO3/c1-11(10-15-2)16-8-3-9-17-13-6-4-12(14)5-7-13/h4-7,11H,3,8-10,14H2,1-2H3. The number of rotatable bonds is 8. The molecule has 0 aromatic heterocycles. The largest absolute Gasteiger partial charge is 0.494 e. The Bertz CT molecular complexity index is 300. The second kappa shape index (κ2) is 7.92. The minimum absolute atomic E-state index is 0.136. The molecule has 0 aliphatic carbocycles. The molecule has 1 aromatic rings. The third kappa shape index (κ3) is 6.14. The minimum atomic E-state index is 0.136. The van der Waals surface area contributed by atoms with Gasteiger partial charge in [0.05, 0.1) is 25.9 Å². The average molecular weight is 239 g/mol. The zero-order valence-corrected chi connectivity index (χ0v) is 10.5. The van der Waals surface area contributed by atoms with Crippen molar-refractivity contribution in [1.29, 1.82) is 0 Å². The lowest BCUT2D eigenvalue weighted by Gasteiger charge is -2.12. The predicted molar refractivity (Wildman–Crippen MR) is 68.3 cm³/mol. The fourth-order valence-electron chi connectivity index (χ4n) is 1.38. The molecule has 0 fully saturated rings. The van der Waals surface area contributed by atoms with E-state index >= 15 is 0 Å². The summed E-state index contributed by atoms with van der Waals surface area (Å²) >= 11 is 0. The number of anilines is 1. The molecule has 4 nitrogen and oxygen atoms in total. The van der Waals surface area contributed by atoms with Gasteiger partial charge in [-0.3, -0.25) is 0 Å². The van der Waals surface area contributed by atoms with E-state index in [1.54, 1.807) is 7.11 Å². The second-order valence-electron chi connectivity index (χ2n) is 3.91. The number of ether oxygens (including phenoxy) is 3. The molecule has 0 spiro atoms. The average Bonchev–Trinajstić information content (AvgIpc) is 2.31. The van der Waals surface area contributed by atoms with Crippen molar-refractivity contribution in [2.24, 2.45) is 0 Å². The van der Waals surface area contributed by atoms with Gasteiger partial charge in [0.1, 0.15) is 5.75 Å². The Kier molecular flexibility index (Phi) is 6.43. The highest BCUT2D eigenvalue weighted by Crippen LogP contribution is 2.13. The molecule has 2 N–H and O–H groups in total. The zero-order valence-electron chi connectivity index (χ0n) is 10.5. The van der Waals surface area contributed by atoms with Crippen LogP contribution >= 0.6 is 0 Å². The van der Waals surface area contributed by atoms with Crippen molar-refractivity contribution in [3.63, 3.8) is 0 Å². The highest BCUT2D eigenvalue weighted by molar-refractivity contribution is 5.41. The first-order valence-corrected chi connectivity index (χ1v) is 5.81. The van der Waals surface area contributed by atoms with E-state index in [2.05, 4.69) is 0 Å². The molecule has 1 rings (SSSR count). The van der Waals surface area contributed by atoms with Gasteiger partial charge in [0.15, 0.2) is 0 Å². The summed E-state index contributed by atoms with van der Waals surface area (Å²) in [5.74, 6) is 0.837. The van der Waals surface area contributed by atoms with E-state index in [-0.39, 0.29) is 6.10 Å². The third-order valence-corrected chi connectivity index (χ3v) is 2.24. The molecular formula is C13H21NO3. The van der Waals surface area contributed by atoms with Crippen LogP contribution in [0.15, 0.2) is 24.3 Å². The van der Waals surface area contributed by atoms with E-state index in [0.717, 1.165) is 17.9 Å². The summed E-state index contributed by atoms with van der Waals surface area (Å²) in [6.45, 7) is 3.94. The molecule has 1 atom stereocenters. The minimum Gasteiger partial charge on any atom is -0.494 e. The van der Waals surface area contributed by atoms with Crippen LogP contribution in [0.25, 0.3) is 0 Å². The first kappa shape index (κ1) is 13.8. The van der Waals surface area contributed by atoms with Gasteiger partial charge in [-0.25, -0.2) is 0 Å². The SMILES string of the molecule is COCC(C)OCCCOc1ccc(N)cc1. The summed E-state index contributed by atoms with van der Waals surface area (Å²) in [7, 11) is 1.67. The fourth-order valence-corrected chi connectivity index (χ4v) is 1.38. The first-order chi connectivity index (χ1) is 8.22. The van der Waals surface area contributed by atoms with Crippen molar-refractivity contribution >= 4 is 5.69 Å². The normalized spacial score (nSPS) is 12.4. The molecule has 0 saturated carbocycles. The molecule has 0 radical (unpaired) electrons. The number of hydrogen-bond donors (Lipinski definition) is 1. The maximum atomic E-state index is 5.58. The number of methoxy groups -OCH3 is 1. The molecule has 0 aliphatic heterocycles. The smallest absolute Gasteiger partial charge is 0.119 e. The Morgan fingerprint density at radius 3 is 2.53 bits per heavy atom. The number of benzene rings is 1. The Labute approximate surface area is 103 Å². The lowest BCUT2D eigenvalue weighted by atomic mass is 10.3. The zero-order chi connectivity index (χ0) is 12.5. The maximum Gasteiger partial charge on any atom is 0.119 e. The summed E-state index contributed by atoms with van der Waals surface area (Å²) in [5, 5.41) is 0. The van der Waals surface area contributed by atoms with E-state index < -0.39 is 0 Å². The molecule has 17 heavy (non-hydrogen) atoms. The van der Waals surface area contributed by atoms with Crippen LogP contribution in [0, 0.1) is 0 Å².